The van der Waals surface area contributed by atoms with E-state index < -0.39 is 11.2 Å². The fourth-order valence-corrected chi connectivity index (χ4v) is 3.03. The topological polar surface area (TPSA) is 100 Å². The molecule has 1 aromatic heterocycles. The van der Waals surface area contributed by atoms with Crippen LogP contribution in [0.1, 0.15) is 31.2 Å². The number of hydrogen-bond donors (Lipinski definition) is 2. The van der Waals surface area contributed by atoms with Crippen LogP contribution in [0.5, 0.6) is 0 Å². The summed E-state index contributed by atoms with van der Waals surface area (Å²) in [6.45, 7) is 0.115. The van der Waals surface area contributed by atoms with E-state index in [1.807, 2.05) is 6.07 Å². The minimum Gasteiger partial charge on any atom is -0.396 e. The van der Waals surface area contributed by atoms with Crippen LogP contribution in [-0.2, 0) is 14.1 Å². The number of aliphatic hydroxyl groups is 1. The van der Waals surface area contributed by atoms with Crippen molar-refractivity contribution in [3.8, 4) is 6.07 Å². The lowest BCUT2D eigenvalue weighted by molar-refractivity contribution is 0.254. The number of nitrogens with one attached hydrogen (secondary N) is 1. The highest BCUT2D eigenvalue weighted by molar-refractivity contribution is 5.52. The van der Waals surface area contributed by atoms with Gasteiger partial charge in [0.05, 0.1) is 0 Å². The Morgan fingerprint density at radius 2 is 2.05 bits per heavy atom. The fraction of sp³-hybridized carbons (Fsp3) is 0.643. The van der Waals surface area contributed by atoms with E-state index >= 15 is 0 Å². The summed E-state index contributed by atoms with van der Waals surface area (Å²) in [4.78, 5) is 24.0. The SMILES string of the molecule is Cn1c(NC2CCCC2CCO)c(C#N)c(=O)n(C)c1=O. The van der Waals surface area contributed by atoms with E-state index in [4.69, 9.17) is 5.11 Å². The zero-order chi connectivity index (χ0) is 15.6. The normalized spacial score (nSPS) is 21.2. The molecule has 1 aromatic rings. The van der Waals surface area contributed by atoms with Gasteiger partial charge in [-0.2, -0.15) is 5.26 Å². The standard InChI is InChI=1S/C14H20N4O3/c1-17-12(10(8-15)13(20)18(2)14(17)21)16-11-5-3-4-9(11)6-7-19/h9,11,16,19H,3-7H2,1-2H3. The maximum atomic E-state index is 12.0. The molecule has 1 fully saturated rings. The Bertz CT molecular complexity index is 683. The molecule has 1 aliphatic carbocycles. The molecule has 7 nitrogen and oxygen atoms in total. The highest BCUT2D eigenvalue weighted by Gasteiger charge is 2.28. The van der Waals surface area contributed by atoms with Crippen molar-refractivity contribution in [2.45, 2.75) is 31.7 Å². The largest absolute Gasteiger partial charge is 0.396 e. The van der Waals surface area contributed by atoms with Crippen LogP contribution in [0.4, 0.5) is 5.82 Å². The smallest absolute Gasteiger partial charge is 0.332 e. The van der Waals surface area contributed by atoms with Gasteiger partial charge in [0, 0.05) is 26.7 Å². The molecule has 1 saturated carbocycles. The Hall–Kier alpha value is -2.07. The predicted molar refractivity (Wildman–Crippen MR) is 78.1 cm³/mol. The summed E-state index contributed by atoms with van der Waals surface area (Å²) in [5.41, 5.74) is -1.09. The number of aromatic nitrogens is 2. The Morgan fingerprint density at radius 1 is 1.33 bits per heavy atom. The highest BCUT2D eigenvalue weighted by Crippen LogP contribution is 2.30. The van der Waals surface area contributed by atoms with Gasteiger partial charge >= 0.3 is 5.69 Å². The van der Waals surface area contributed by atoms with E-state index in [9.17, 15) is 14.9 Å². The van der Waals surface area contributed by atoms with Crippen LogP contribution in [0.2, 0.25) is 0 Å². The lowest BCUT2D eigenvalue weighted by atomic mass is 10.00. The van der Waals surface area contributed by atoms with E-state index in [0.29, 0.717) is 12.3 Å². The summed E-state index contributed by atoms with van der Waals surface area (Å²) in [6.07, 6.45) is 3.61. The van der Waals surface area contributed by atoms with E-state index in [1.54, 1.807) is 7.05 Å². The van der Waals surface area contributed by atoms with Gasteiger partial charge in [-0.3, -0.25) is 13.9 Å². The highest BCUT2D eigenvalue weighted by atomic mass is 16.3. The first-order valence-electron chi connectivity index (χ1n) is 7.08. The van der Waals surface area contributed by atoms with Gasteiger partial charge in [-0.25, -0.2) is 4.79 Å². The number of anilines is 1. The molecule has 0 aliphatic heterocycles. The number of hydrogen-bond acceptors (Lipinski definition) is 5. The Balaban J connectivity index is 2.43. The Labute approximate surface area is 122 Å². The predicted octanol–water partition coefficient (Wildman–Crippen LogP) is -0.0813. The van der Waals surface area contributed by atoms with Gasteiger partial charge < -0.3 is 10.4 Å². The van der Waals surface area contributed by atoms with Crippen LogP contribution in [-0.4, -0.2) is 26.9 Å². The molecule has 0 spiro atoms. The molecule has 0 bridgehead atoms. The number of nitrogens with zero attached hydrogens (tertiary/aromatic N) is 3. The van der Waals surface area contributed by atoms with E-state index in [0.717, 1.165) is 23.8 Å². The van der Waals surface area contributed by atoms with Gasteiger partial charge in [0.25, 0.3) is 5.56 Å². The van der Waals surface area contributed by atoms with Crippen LogP contribution in [0.3, 0.4) is 0 Å². The quantitative estimate of drug-likeness (QED) is 0.808. The molecule has 0 saturated heterocycles. The molecule has 0 amide bonds. The number of aliphatic hydroxyl groups excluding tert-OH is 1. The van der Waals surface area contributed by atoms with Crippen molar-refractivity contribution in [2.24, 2.45) is 20.0 Å². The average molecular weight is 292 g/mol. The molecule has 0 aromatic carbocycles. The molecule has 2 rings (SSSR count). The van der Waals surface area contributed by atoms with Crippen molar-refractivity contribution in [1.29, 1.82) is 5.26 Å². The van der Waals surface area contributed by atoms with Crippen molar-refractivity contribution < 1.29 is 5.11 Å². The third-order valence-electron chi connectivity index (χ3n) is 4.26. The molecule has 2 N–H and O–H groups in total. The molecular formula is C14H20N4O3. The van der Waals surface area contributed by atoms with Crippen LogP contribution >= 0.6 is 0 Å². The van der Waals surface area contributed by atoms with Gasteiger partial charge in [0.2, 0.25) is 0 Å². The minimum absolute atomic E-state index is 0.0470. The molecule has 2 atom stereocenters. The van der Waals surface area contributed by atoms with Crippen LogP contribution < -0.4 is 16.6 Å². The van der Waals surface area contributed by atoms with Crippen molar-refractivity contribution in [3.63, 3.8) is 0 Å². The lowest BCUT2D eigenvalue weighted by Gasteiger charge is -2.23. The van der Waals surface area contributed by atoms with Gasteiger partial charge in [-0.05, 0) is 25.2 Å². The second-order valence-electron chi connectivity index (χ2n) is 5.50. The van der Waals surface area contributed by atoms with Gasteiger partial charge in [-0.15, -0.1) is 0 Å². The second kappa shape index (κ2) is 6.14. The van der Waals surface area contributed by atoms with E-state index in [1.165, 1.54) is 11.6 Å². The monoisotopic (exact) mass is 292 g/mol. The van der Waals surface area contributed by atoms with Crippen molar-refractivity contribution >= 4 is 5.82 Å². The maximum absolute atomic E-state index is 12.0. The first kappa shape index (κ1) is 15.3. The molecular weight excluding hydrogens is 272 g/mol. The van der Waals surface area contributed by atoms with Crippen LogP contribution in [0, 0.1) is 17.2 Å². The molecule has 7 heteroatoms. The zero-order valence-corrected chi connectivity index (χ0v) is 12.3. The summed E-state index contributed by atoms with van der Waals surface area (Å²) in [7, 11) is 2.90. The first-order valence-corrected chi connectivity index (χ1v) is 7.08. The number of rotatable bonds is 4. The molecule has 1 aliphatic rings. The second-order valence-corrected chi connectivity index (χ2v) is 5.50. The average Bonchev–Trinajstić information content (AvgIpc) is 2.90. The van der Waals surface area contributed by atoms with E-state index in [2.05, 4.69) is 5.32 Å². The third kappa shape index (κ3) is 2.72. The summed E-state index contributed by atoms with van der Waals surface area (Å²) >= 11 is 0. The summed E-state index contributed by atoms with van der Waals surface area (Å²) in [5.74, 6) is 0.571. The van der Waals surface area contributed by atoms with Crippen molar-refractivity contribution in [3.05, 3.63) is 26.4 Å². The van der Waals surface area contributed by atoms with Crippen LogP contribution in [0.15, 0.2) is 9.59 Å². The minimum atomic E-state index is -0.584. The lowest BCUT2D eigenvalue weighted by Crippen LogP contribution is -2.41. The third-order valence-corrected chi connectivity index (χ3v) is 4.26. The number of nitriles is 1. The Kier molecular flexibility index (Phi) is 4.48. The van der Waals surface area contributed by atoms with Crippen molar-refractivity contribution in [2.75, 3.05) is 11.9 Å². The maximum Gasteiger partial charge on any atom is 0.332 e. The molecule has 2 unspecified atom stereocenters. The summed E-state index contributed by atoms with van der Waals surface area (Å²) in [5, 5.41) is 21.5. The first-order chi connectivity index (χ1) is 10.0. The zero-order valence-electron chi connectivity index (χ0n) is 12.3. The molecule has 1 heterocycles. The van der Waals surface area contributed by atoms with Crippen LogP contribution in [0.25, 0.3) is 0 Å². The van der Waals surface area contributed by atoms with Gasteiger partial charge in [-0.1, -0.05) is 6.42 Å². The van der Waals surface area contributed by atoms with Gasteiger partial charge in [0.15, 0.2) is 5.56 Å². The van der Waals surface area contributed by atoms with E-state index in [-0.39, 0.29) is 24.0 Å². The van der Waals surface area contributed by atoms with Gasteiger partial charge in [0.1, 0.15) is 11.9 Å². The fourth-order valence-electron chi connectivity index (χ4n) is 3.03. The summed E-state index contributed by atoms with van der Waals surface area (Å²) < 4.78 is 2.23. The molecule has 0 radical (unpaired) electrons. The molecule has 114 valence electrons. The molecule has 21 heavy (non-hydrogen) atoms. The summed E-state index contributed by atoms with van der Waals surface area (Å²) in [6, 6.07) is 1.96. The Morgan fingerprint density at radius 3 is 2.67 bits per heavy atom. The van der Waals surface area contributed by atoms with Crippen molar-refractivity contribution in [1.82, 2.24) is 9.13 Å².